The number of aromatic nitrogens is 3. The number of piperidine rings is 1. The Kier molecular flexibility index (Phi) is 5.42. The molecule has 3 heterocycles. The van der Waals surface area contributed by atoms with Gasteiger partial charge in [-0.2, -0.15) is 0 Å². The maximum Gasteiger partial charge on any atom is 0.318 e. The first-order chi connectivity index (χ1) is 14.4. The Balaban J connectivity index is 1.57. The number of carbonyl (C=O) groups is 1. The number of likely N-dealkylation sites (tertiary alicyclic amines) is 1. The molecule has 0 N–H and O–H groups in total. The van der Waals surface area contributed by atoms with E-state index in [-0.39, 0.29) is 18.4 Å². The second kappa shape index (κ2) is 8.02. The standard InChI is InChI=1S/C21H20ClFN4O3/c1-25-17-11-14(22)12-24-19(17)27(21(30)20(25)29)15-6-8-26(9-7-15)18(28)10-13-4-2-3-5-16(13)23/h2-5,11-12,15H,6-10H2,1H3. The van der Waals surface area contributed by atoms with Crippen molar-refractivity contribution >= 4 is 28.7 Å². The average molecular weight is 431 g/mol. The van der Waals surface area contributed by atoms with Crippen molar-refractivity contribution in [1.29, 1.82) is 0 Å². The third-order valence-electron chi connectivity index (χ3n) is 5.59. The van der Waals surface area contributed by atoms with Gasteiger partial charge in [-0.05, 0) is 30.5 Å². The molecule has 0 bridgehead atoms. The van der Waals surface area contributed by atoms with Gasteiger partial charge in [0.1, 0.15) is 5.82 Å². The summed E-state index contributed by atoms with van der Waals surface area (Å²) in [6.07, 6.45) is 2.43. The molecule has 0 saturated carbocycles. The fourth-order valence-electron chi connectivity index (χ4n) is 3.93. The molecule has 1 fully saturated rings. The first-order valence-corrected chi connectivity index (χ1v) is 10.0. The van der Waals surface area contributed by atoms with Crippen molar-refractivity contribution in [3.8, 4) is 0 Å². The first-order valence-electron chi connectivity index (χ1n) is 9.65. The lowest BCUT2D eigenvalue weighted by atomic mass is 10.0. The number of hydrogen-bond acceptors (Lipinski definition) is 4. The van der Waals surface area contributed by atoms with Crippen LogP contribution in [0.15, 0.2) is 46.1 Å². The summed E-state index contributed by atoms with van der Waals surface area (Å²) in [4.78, 5) is 43.7. The van der Waals surface area contributed by atoms with Crippen LogP contribution in [0.25, 0.3) is 11.2 Å². The molecule has 30 heavy (non-hydrogen) atoms. The van der Waals surface area contributed by atoms with Crippen LogP contribution in [-0.4, -0.2) is 38.0 Å². The van der Waals surface area contributed by atoms with E-state index in [0.717, 1.165) is 0 Å². The number of amides is 1. The molecular weight excluding hydrogens is 411 g/mol. The van der Waals surface area contributed by atoms with Crippen LogP contribution in [0, 0.1) is 5.82 Å². The number of rotatable bonds is 3. The van der Waals surface area contributed by atoms with Crippen LogP contribution in [0.2, 0.25) is 5.02 Å². The van der Waals surface area contributed by atoms with E-state index >= 15 is 0 Å². The number of halogens is 2. The Morgan fingerprint density at radius 1 is 1.20 bits per heavy atom. The summed E-state index contributed by atoms with van der Waals surface area (Å²) in [7, 11) is 1.51. The van der Waals surface area contributed by atoms with Gasteiger partial charge in [-0.15, -0.1) is 0 Å². The minimum Gasteiger partial charge on any atom is -0.342 e. The first kappa shape index (κ1) is 20.3. The molecular formula is C21H20ClFN4O3. The van der Waals surface area contributed by atoms with Gasteiger partial charge in [-0.1, -0.05) is 29.8 Å². The maximum absolute atomic E-state index is 13.8. The van der Waals surface area contributed by atoms with Gasteiger partial charge in [0, 0.05) is 32.4 Å². The summed E-state index contributed by atoms with van der Waals surface area (Å²) < 4.78 is 16.5. The molecule has 1 amide bonds. The number of carbonyl (C=O) groups excluding carboxylic acids is 1. The molecule has 1 aliphatic rings. The molecule has 0 atom stereocenters. The van der Waals surface area contributed by atoms with Crippen LogP contribution in [0.5, 0.6) is 0 Å². The Morgan fingerprint density at radius 2 is 1.90 bits per heavy atom. The number of pyridine rings is 1. The van der Waals surface area contributed by atoms with Crippen LogP contribution < -0.4 is 11.1 Å². The van der Waals surface area contributed by atoms with Gasteiger partial charge in [0.05, 0.1) is 17.0 Å². The molecule has 156 valence electrons. The zero-order chi connectivity index (χ0) is 21.4. The highest BCUT2D eigenvalue weighted by Gasteiger charge is 2.27. The summed E-state index contributed by atoms with van der Waals surface area (Å²) in [5.41, 5.74) is -0.0622. The zero-order valence-corrected chi connectivity index (χ0v) is 17.1. The Labute approximate surface area is 176 Å². The fraction of sp³-hybridized carbons (Fsp3) is 0.333. The lowest BCUT2D eigenvalue weighted by molar-refractivity contribution is -0.131. The van der Waals surface area contributed by atoms with Gasteiger partial charge < -0.3 is 9.47 Å². The number of nitrogens with zero attached hydrogens (tertiary/aromatic N) is 4. The molecule has 1 saturated heterocycles. The molecule has 3 aromatic rings. The monoisotopic (exact) mass is 430 g/mol. The maximum atomic E-state index is 13.8. The zero-order valence-electron chi connectivity index (χ0n) is 16.3. The van der Waals surface area contributed by atoms with Crippen molar-refractivity contribution in [2.75, 3.05) is 13.1 Å². The van der Waals surface area contributed by atoms with Crippen LogP contribution in [0.4, 0.5) is 4.39 Å². The van der Waals surface area contributed by atoms with E-state index < -0.39 is 16.9 Å². The summed E-state index contributed by atoms with van der Waals surface area (Å²) >= 11 is 6.02. The van der Waals surface area contributed by atoms with Gasteiger partial charge in [0.15, 0.2) is 5.65 Å². The van der Waals surface area contributed by atoms with Gasteiger partial charge in [0.2, 0.25) is 5.91 Å². The van der Waals surface area contributed by atoms with E-state index in [9.17, 15) is 18.8 Å². The molecule has 0 aliphatic carbocycles. The van der Waals surface area contributed by atoms with Crippen molar-refractivity contribution in [1.82, 2.24) is 19.0 Å². The summed E-state index contributed by atoms with van der Waals surface area (Å²) in [6, 6.07) is 7.56. The Bertz CT molecular complexity index is 1250. The molecule has 7 nitrogen and oxygen atoms in total. The Hall–Kier alpha value is -3.00. The van der Waals surface area contributed by atoms with E-state index in [1.807, 2.05) is 0 Å². The number of aryl methyl sites for hydroxylation is 1. The number of fused-ring (bicyclic) bond motifs is 1. The highest BCUT2D eigenvalue weighted by Crippen LogP contribution is 2.25. The largest absolute Gasteiger partial charge is 0.342 e. The number of hydrogen-bond donors (Lipinski definition) is 0. The second-order valence-corrected chi connectivity index (χ2v) is 7.85. The minimum absolute atomic E-state index is 0.00778. The van der Waals surface area contributed by atoms with E-state index in [1.54, 1.807) is 29.2 Å². The molecule has 9 heteroatoms. The van der Waals surface area contributed by atoms with E-state index in [1.165, 1.54) is 28.4 Å². The fourth-order valence-corrected chi connectivity index (χ4v) is 4.09. The molecule has 0 unspecified atom stereocenters. The normalized spacial score (nSPS) is 15.0. The molecule has 4 rings (SSSR count). The van der Waals surface area contributed by atoms with Crippen molar-refractivity contribution < 1.29 is 9.18 Å². The van der Waals surface area contributed by atoms with Gasteiger partial charge >= 0.3 is 11.1 Å². The smallest absolute Gasteiger partial charge is 0.318 e. The van der Waals surface area contributed by atoms with Crippen LogP contribution in [0.1, 0.15) is 24.4 Å². The molecule has 1 aromatic carbocycles. The van der Waals surface area contributed by atoms with Crippen LogP contribution in [-0.2, 0) is 18.3 Å². The molecule has 2 aromatic heterocycles. The van der Waals surface area contributed by atoms with Gasteiger partial charge in [-0.3, -0.25) is 19.0 Å². The predicted octanol–water partition coefficient (Wildman–Crippen LogP) is 2.29. The van der Waals surface area contributed by atoms with Crippen molar-refractivity contribution in [3.05, 3.63) is 73.6 Å². The van der Waals surface area contributed by atoms with E-state index in [0.29, 0.717) is 47.7 Å². The minimum atomic E-state index is -0.648. The quantitative estimate of drug-likeness (QED) is 0.597. The predicted molar refractivity (Wildman–Crippen MR) is 111 cm³/mol. The van der Waals surface area contributed by atoms with E-state index in [2.05, 4.69) is 4.98 Å². The highest BCUT2D eigenvalue weighted by molar-refractivity contribution is 6.31. The SMILES string of the molecule is Cn1c(=O)c(=O)n(C2CCN(C(=O)Cc3ccccc3F)CC2)c2ncc(Cl)cc21. The molecule has 0 radical (unpaired) electrons. The average Bonchev–Trinajstić information content (AvgIpc) is 2.75. The third kappa shape index (κ3) is 3.63. The third-order valence-corrected chi connectivity index (χ3v) is 5.80. The van der Waals surface area contributed by atoms with Gasteiger partial charge in [0.25, 0.3) is 0 Å². The summed E-state index contributed by atoms with van der Waals surface area (Å²) in [5.74, 6) is -0.562. The van der Waals surface area contributed by atoms with Gasteiger partial charge in [-0.25, -0.2) is 9.37 Å². The summed E-state index contributed by atoms with van der Waals surface area (Å²) in [5, 5.41) is 0.372. The molecule has 0 spiro atoms. The highest BCUT2D eigenvalue weighted by atomic mass is 35.5. The second-order valence-electron chi connectivity index (χ2n) is 7.42. The van der Waals surface area contributed by atoms with Crippen molar-refractivity contribution in [2.45, 2.75) is 25.3 Å². The number of benzene rings is 1. The van der Waals surface area contributed by atoms with Crippen molar-refractivity contribution in [2.24, 2.45) is 7.05 Å². The van der Waals surface area contributed by atoms with E-state index in [4.69, 9.17) is 11.6 Å². The van der Waals surface area contributed by atoms with Crippen LogP contribution in [0.3, 0.4) is 0 Å². The van der Waals surface area contributed by atoms with Crippen LogP contribution >= 0.6 is 11.6 Å². The summed E-state index contributed by atoms with van der Waals surface area (Å²) in [6.45, 7) is 0.823. The topological polar surface area (TPSA) is 77.2 Å². The van der Waals surface area contributed by atoms with Crippen molar-refractivity contribution in [3.63, 3.8) is 0 Å². The lowest BCUT2D eigenvalue weighted by Gasteiger charge is -2.33. The Morgan fingerprint density at radius 3 is 2.60 bits per heavy atom. The lowest BCUT2D eigenvalue weighted by Crippen LogP contribution is -2.46. The molecule has 1 aliphatic heterocycles.